The smallest absolute Gasteiger partial charge is 0.416 e. The molecule has 1 amide bonds. The highest BCUT2D eigenvalue weighted by Gasteiger charge is 2.36. The largest absolute Gasteiger partial charge is 0.449 e. The van der Waals surface area contributed by atoms with Crippen molar-refractivity contribution in [2.24, 2.45) is 0 Å². The highest BCUT2D eigenvalue weighted by molar-refractivity contribution is 5.68. The van der Waals surface area contributed by atoms with Gasteiger partial charge in [-0.05, 0) is 17.7 Å². The predicted octanol–water partition coefficient (Wildman–Crippen LogP) is 3.02. The molecular weight excluding hydrogens is 254 g/mol. The second-order valence-corrected chi connectivity index (χ2v) is 3.85. The lowest BCUT2D eigenvalue weighted by Crippen LogP contribution is -2.36. The maximum Gasteiger partial charge on any atom is 0.416 e. The third-order valence-corrected chi connectivity index (χ3v) is 2.63. The molecule has 7 heteroatoms. The van der Waals surface area contributed by atoms with E-state index in [4.69, 9.17) is 0 Å². The Bertz CT molecular complexity index is 473. The molecule has 0 spiro atoms. The summed E-state index contributed by atoms with van der Waals surface area (Å²) in [4.78, 5) is 11.0. The molecule has 1 aliphatic heterocycles. The first kappa shape index (κ1) is 12.7. The normalized spacial score (nSPS) is 20.2. The van der Waals surface area contributed by atoms with Gasteiger partial charge < -0.3 is 10.1 Å². The Hall–Kier alpha value is -1.79. The molecule has 0 aromatic heterocycles. The van der Waals surface area contributed by atoms with Crippen LogP contribution in [0.3, 0.4) is 0 Å². The summed E-state index contributed by atoms with van der Waals surface area (Å²) in [5.41, 5.74) is -1.23. The predicted molar refractivity (Wildman–Crippen MR) is 53.2 cm³/mol. The Morgan fingerprint density at radius 1 is 1.33 bits per heavy atom. The third-order valence-electron chi connectivity index (χ3n) is 2.63. The number of alkyl halides is 3. The number of hydrogen-bond acceptors (Lipinski definition) is 2. The van der Waals surface area contributed by atoms with Crippen LogP contribution in [0.15, 0.2) is 18.2 Å². The fraction of sp³-hybridized carbons (Fsp3) is 0.364. The summed E-state index contributed by atoms with van der Waals surface area (Å²) in [6.07, 6.45) is -5.23. The molecule has 1 fully saturated rings. The molecule has 1 aliphatic rings. The van der Waals surface area contributed by atoms with Gasteiger partial charge in [-0.3, -0.25) is 0 Å². The van der Waals surface area contributed by atoms with Gasteiger partial charge in [0.2, 0.25) is 0 Å². The molecule has 1 atom stereocenters. The average Bonchev–Trinajstić information content (AvgIpc) is 2.27. The van der Waals surface area contributed by atoms with Gasteiger partial charge >= 0.3 is 12.3 Å². The summed E-state index contributed by atoms with van der Waals surface area (Å²) in [7, 11) is 0. The lowest BCUT2D eigenvalue weighted by atomic mass is 9.97. The minimum Gasteiger partial charge on any atom is -0.449 e. The number of alkyl carbamates (subject to hydrolysis) is 1. The molecule has 0 radical (unpaired) electrons. The number of hydrogen-bond donors (Lipinski definition) is 1. The molecule has 0 saturated carbocycles. The van der Waals surface area contributed by atoms with Crippen molar-refractivity contribution < 1.29 is 27.1 Å². The van der Waals surface area contributed by atoms with Crippen LogP contribution in [-0.4, -0.2) is 12.7 Å². The lowest BCUT2D eigenvalue weighted by molar-refractivity contribution is -0.138. The molecule has 1 aromatic carbocycles. The number of amides is 1. The second kappa shape index (κ2) is 4.47. The summed E-state index contributed by atoms with van der Waals surface area (Å²) < 4.78 is 55.8. The minimum absolute atomic E-state index is 0.0329. The third kappa shape index (κ3) is 2.55. The topological polar surface area (TPSA) is 38.3 Å². The summed E-state index contributed by atoms with van der Waals surface area (Å²) in [6.45, 7) is 0.0329. The van der Waals surface area contributed by atoms with Crippen LogP contribution in [0.4, 0.5) is 22.4 Å². The summed E-state index contributed by atoms with van der Waals surface area (Å²) in [5.74, 6) is -0.968. The summed E-state index contributed by atoms with van der Waals surface area (Å²) in [5, 5.41) is 2.28. The number of halogens is 4. The van der Waals surface area contributed by atoms with Crippen LogP contribution in [0.1, 0.15) is 23.6 Å². The minimum atomic E-state index is -4.67. The van der Waals surface area contributed by atoms with Gasteiger partial charge in [-0.15, -0.1) is 0 Å². The fourth-order valence-corrected chi connectivity index (χ4v) is 1.84. The van der Waals surface area contributed by atoms with E-state index < -0.39 is 29.7 Å². The van der Waals surface area contributed by atoms with Gasteiger partial charge in [-0.1, -0.05) is 6.07 Å². The van der Waals surface area contributed by atoms with Crippen molar-refractivity contribution in [2.45, 2.75) is 18.6 Å². The van der Waals surface area contributed by atoms with E-state index in [1.54, 1.807) is 0 Å². The van der Waals surface area contributed by atoms with Crippen molar-refractivity contribution in [3.63, 3.8) is 0 Å². The number of benzene rings is 1. The molecule has 1 aromatic rings. The van der Waals surface area contributed by atoms with Crippen molar-refractivity contribution >= 4 is 6.09 Å². The lowest BCUT2D eigenvalue weighted by Gasteiger charge is -2.26. The van der Waals surface area contributed by atoms with E-state index in [1.807, 2.05) is 0 Å². The molecule has 0 bridgehead atoms. The fourth-order valence-electron chi connectivity index (χ4n) is 1.84. The van der Waals surface area contributed by atoms with Crippen LogP contribution in [-0.2, 0) is 10.9 Å². The van der Waals surface area contributed by atoms with Crippen LogP contribution in [0.2, 0.25) is 0 Å². The zero-order valence-corrected chi connectivity index (χ0v) is 9.05. The van der Waals surface area contributed by atoms with Gasteiger partial charge in [0.25, 0.3) is 0 Å². The maximum absolute atomic E-state index is 12.9. The van der Waals surface area contributed by atoms with Crippen LogP contribution in [0.5, 0.6) is 0 Å². The maximum atomic E-state index is 12.9. The Morgan fingerprint density at radius 2 is 2.06 bits per heavy atom. The van der Waals surface area contributed by atoms with Gasteiger partial charge in [0, 0.05) is 6.42 Å². The zero-order valence-electron chi connectivity index (χ0n) is 9.05. The summed E-state index contributed by atoms with van der Waals surface area (Å²) in [6, 6.07) is 1.58. The first-order valence-electron chi connectivity index (χ1n) is 5.18. The van der Waals surface area contributed by atoms with Crippen LogP contribution >= 0.6 is 0 Å². The first-order valence-corrected chi connectivity index (χ1v) is 5.18. The summed E-state index contributed by atoms with van der Waals surface area (Å²) >= 11 is 0. The monoisotopic (exact) mass is 263 g/mol. The number of rotatable bonds is 1. The van der Waals surface area contributed by atoms with Crippen molar-refractivity contribution in [2.75, 3.05) is 6.61 Å². The van der Waals surface area contributed by atoms with Crippen LogP contribution in [0.25, 0.3) is 0 Å². The Morgan fingerprint density at radius 3 is 2.67 bits per heavy atom. The van der Waals surface area contributed by atoms with E-state index in [0.717, 1.165) is 12.1 Å². The zero-order chi connectivity index (χ0) is 13.3. The number of carbonyl (C=O) groups excluding carboxylic acids is 1. The molecule has 98 valence electrons. The molecule has 1 N–H and O–H groups in total. The molecule has 0 unspecified atom stereocenters. The van der Waals surface area contributed by atoms with E-state index >= 15 is 0 Å². The first-order chi connectivity index (χ1) is 8.38. The number of cyclic esters (lactones) is 1. The van der Waals surface area contributed by atoms with Crippen molar-refractivity contribution in [1.29, 1.82) is 0 Å². The van der Waals surface area contributed by atoms with E-state index in [2.05, 4.69) is 10.1 Å². The van der Waals surface area contributed by atoms with Gasteiger partial charge in [-0.2, -0.15) is 13.2 Å². The Balaban J connectivity index is 2.40. The molecule has 0 aliphatic carbocycles. The number of carbonyl (C=O) groups is 1. The van der Waals surface area contributed by atoms with Gasteiger partial charge in [0.1, 0.15) is 5.82 Å². The average molecular weight is 263 g/mol. The van der Waals surface area contributed by atoms with Crippen molar-refractivity contribution in [1.82, 2.24) is 5.32 Å². The molecule has 3 nitrogen and oxygen atoms in total. The van der Waals surface area contributed by atoms with Crippen molar-refractivity contribution in [3.8, 4) is 0 Å². The Kier molecular flexibility index (Phi) is 3.14. The molecule has 1 heterocycles. The molecule has 2 rings (SSSR count). The number of ether oxygens (including phenoxy) is 1. The molecular formula is C11H9F4NO2. The van der Waals surface area contributed by atoms with E-state index in [0.29, 0.717) is 6.07 Å². The number of nitrogens with one attached hydrogen (secondary N) is 1. The highest BCUT2D eigenvalue weighted by atomic mass is 19.4. The van der Waals surface area contributed by atoms with Gasteiger partial charge in [0.05, 0.1) is 18.2 Å². The Labute approximate surface area is 99.7 Å². The second-order valence-electron chi connectivity index (χ2n) is 3.85. The molecule has 18 heavy (non-hydrogen) atoms. The van der Waals surface area contributed by atoms with Crippen LogP contribution in [0, 0.1) is 5.82 Å². The quantitative estimate of drug-likeness (QED) is 0.791. The van der Waals surface area contributed by atoms with Crippen LogP contribution < -0.4 is 5.32 Å². The van der Waals surface area contributed by atoms with Crippen molar-refractivity contribution in [3.05, 3.63) is 35.1 Å². The highest BCUT2D eigenvalue weighted by Crippen LogP contribution is 2.36. The van der Waals surface area contributed by atoms with E-state index in [1.165, 1.54) is 0 Å². The van der Waals surface area contributed by atoms with E-state index in [-0.39, 0.29) is 18.6 Å². The van der Waals surface area contributed by atoms with Gasteiger partial charge in [-0.25, -0.2) is 9.18 Å². The molecule has 1 saturated heterocycles. The SMILES string of the molecule is O=C1N[C@H](c2ccc(F)cc2C(F)(F)F)CCO1. The van der Waals surface area contributed by atoms with Gasteiger partial charge in [0.15, 0.2) is 0 Å². The standard InChI is InChI=1S/C11H9F4NO2/c12-6-1-2-7(8(5-6)11(13,14)15)9-3-4-18-10(17)16-9/h1-2,5,9H,3-4H2,(H,16,17)/t9-/m0/s1. The van der Waals surface area contributed by atoms with E-state index in [9.17, 15) is 22.4 Å².